The number of hydrogen-bond donors (Lipinski definition) is 0. The second-order valence-corrected chi connectivity index (χ2v) is 4.15. The van der Waals surface area contributed by atoms with Crippen molar-refractivity contribution in [3.8, 4) is 0 Å². The molecular formula is C12H13N. The molecule has 0 saturated heterocycles. The van der Waals surface area contributed by atoms with Crippen molar-refractivity contribution in [3.05, 3.63) is 41.7 Å². The van der Waals surface area contributed by atoms with Gasteiger partial charge in [-0.2, -0.15) is 0 Å². The number of aromatic nitrogens is 1. The van der Waals surface area contributed by atoms with Crippen LogP contribution in [0.3, 0.4) is 0 Å². The van der Waals surface area contributed by atoms with Crippen LogP contribution in [0.5, 0.6) is 0 Å². The van der Waals surface area contributed by atoms with Gasteiger partial charge in [0, 0.05) is 12.4 Å². The first-order valence-electron chi connectivity index (χ1n) is 5.01. The fourth-order valence-corrected chi connectivity index (χ4v) is 2.74. The van der Waals surface area contributed by atoms with Gasteiger partial charge in [0.15, 0.2) is 0 Å². The second kappa shape index (κ2) is 2.69. The lowest BCUT2D eigenvalue weighted by Crippen LogP contribution is -2.05. The molecule has 2 aliphatic carbocycles. The Bertz CT molecular complexity index is 339. The van der Waals surface area contributed by atoms with Crippen LogP contribution in [0.1, 0.15) is 30.7 Å². The summed E-state index contributed by atoms with van der Waals surface area (Å²) in [7, 11) is 0. The zero-order valence-corrected chi connectivity index (χ0v) is 7.61. The van der Waals surface area contributed by atoms with Gasteiger partial charge in [-0.1, -0.05) is 11.6 Å². The minimum absolute atomic E-state index is 0.794. The van der Waals surface area contributed by atoms with Gasteiger partial charge in [-0.3, -0.25) is 4.98 Å². The first kappa shape index (κ1) is 7.31. The van der Waals surface area contributed by atoms with E-state index in [2.05, 4.69) is 23.2 Å². The van der Waals surface area contributed by atoms with Crippen molar-refractivity contribution in [2.75, 3.05) is 0 Å². The zero-order chi connectivity index (χ0) is 8.67. The fraction of sp³-hybridized carbons (Fsp3) is 0.417. The van der Waals surface area contributed by atoms with Gasteiger partial charge >= 0.3 is 0 Å². The maximum atomic E-state index is 4.06. The molecule has 1 heteroatoms. The van der Waals surface area contributed by atoms with Crippen LogP contribution in [0, 0.1) is 5.92 Å². The summed E-state index contributed by atoms with van der Waals surface area (Å²) < 4.78 is 0. The third-order valence-electron chi connectivity index (χ3n) is 3.42. The molecule has 2 aliphatic rings. The molecular weight excluding hydrogens is 158 g/mol. The fourth-order valence-electron chi connectivity index (χ4n) is 2.74. The Balaban J connectivity index is 1.92. The van der Waals surface area contributed by atoms with Crippen LogP contribution < -0.4 is 0 Å². The van der Waals surface area contributed by atoms with Gasteiger partial charge in [0.1, 0.15) is 0 Å². The van der Waals surface area contributed by atoms with Crippen LogP contribution in [0.2, 0.25) is 0 Å². The topological polar surface area (TPSA) is 12.9 Å². The van der Waals surface area contributed by atoms with Crippen molar-refractivity contribution in [3.63, 3.8) is 0 Å². The number of pyridine rings is 1. The summed E-state index contributed by atoms with van der Waals surface area (Å²) in [5, 5.41) is 0. The van der Waals surface area contributed by atoms with Gasteiger partial charge in [-0.05, 0) is 48.8 Å². The van der Waals surface area contributed by atoms with E-state index in [1.54, 1.807) is 5.57 Å². The highest BCUT2D eigenvalue weighted by atomic mass is 14.6. The molecule has 1 fully saturated rings. The van der Waals surface area contributed by atoms with Gasteiger partial charge < -0.3 is 0 Å². The highest BCUT2D eigenvalue weighted by Crippen LogP contribution is 2.49. The summed E-state index contributed by atoms with van der Waals surface area (Å²) in [5.41, 5.74) is 3.18. The van der Waals surface area contributed by atoms with E-state index in [0.29, 0.717) is 0 Å². The quantitative estimate of drug-likeness (QED) is 0.592. The molecule has 0 amide bonds. The van der Waals surface area contributed by atoms with E-state index < -0.39 is 0 Å². The van der Waals surface area contributed by atoms with E-state index in [1.807, 2.05) is 12.4 Å². The van der Waals surface area contributed by atoms with E-state index in [0.717, 1.165) is 11.8 Å². The van der Waals surface area contributed by atoms with Gasteiger partial charge in [0.2, 0.25) is 0 Å². The van der Waals surface area contributed by atoms with Crippen molar-refractivity contribution >= 4 is 0 Å². The molecule has 0 N–H and O–H groups in total. The van der Waals surface area contributed by atoms with E-state index in [-0.39, 0.29) is 0 Å². The zero-order valence-electron chi connectivity index (χ0n) is 7.61. The highest BCUT2D eigenvalue weighted by Gasteiger charge is 2.34. The molecule has 0 radical (unpaired) electrons. The van der Waals surface area contributed by atoms with E-state index in [4.69, 9.17) is 0 Å². The molecule has 1 aromatic rings. The summed E-state index contributed by atoms with van der Waals surface area (Å²) in [4.78, 5) is 4.06. The summed E-state index contributed by atoms with van der Waals surface area (Å²) in [5.74, 6) is 1.69. The lowest BCUT2D eigenvalue weighted by Gasteiger charge is -2.18. The van der Waals surface area contributed by atoms with Gasteiger partial charge in [0.05, 0.1) is 0 Å². The minimum Gasteiger partial charge on any atom is -0.265 e. The van der Waals surface area contributed by atoms with Crippen molar-refractivity contribution in [2.24, 2.45) is 5.92 Å². The average molecular weight is 171 g/mol. The molecule has 2 atom stereocenters. The average Bonchev–Trinajstić information content (AvgIpc) is 2.80. The van der Waals surface area contributed by atoms with Gasteiger partial charge in [0.25, 0.3) is 0 Å². The predicted octanol–water partition coefficient (Wildman–Crippen LogP) is 2.91. The molecule has 1 aromatic heterocycles. The summed E-state index contributed by atoms with van der Waals surface area (Å²) in [6.45, 7) is 0. The minimum atomic E-state index is 0.794. The monoisotopic (exact) mass is 171 g/mol. The van der Waals surface area contributed by atoms with Crippen LogP contribution >= 0.6 is 0 Å². The molecule has 0 aliphatic heterocycles. The molecule has 0 spiro atoms. The Morgan fingerprint density at radius 3 is 2.62 bits per heavy atom. The standard InChI is InChI=1S/C12H13N/c1-2-11-7-9(1)8-12(11)10-3-5-13-6-4-10/h1,3-6,11-12H,2,7-8H2. The third-order valence-corrected chi connectivity index (χ3v) is 3.42. The molecule has 1 saturated carbocycles. The Labute approximate surface area is 78.5 Å². The van der Waals surface area contributed by atoms with Crippen LogP contribution in [0.15, 0.2) is 36.2 Å². The second-order valence-electron chi connectivity index (χ2n) is 4.15. The summed E-state index contributed by atoms with van der Waals surface area (Å²) >= 11 is 0. The van der Waals surface area contributed by atoms with Crippen LogP contribution in [0.4, 0.5) is 0 Å². The Kier molecular flexibility index (Phi) is 1.51. The lowest BCUT2D eigenvalue weighted by molar-refractivity contribution is 0.496. The van der Waals surface area contributed by atoms with Crippen LogP contribution in [0.25, 0.3) is 0 Å². The number of fused-ring (bicyclic) bond motifs is 2. The molecule has 2 bridgehead atoms. The van der Waals surface area contributed by atoms with Crippen molar-refractivity contribution in [2.45, 2.75) is 25.2 Å². The maximum absolute atomic E-state index is 4.06. The SMILES string of the molecule is C1=C2CC(C1)C(c1ccncc1)C2. The Hall–Kier alpha value is -1.11. The largest absolute Gasteiger partial charge is 0.265 e. The Morgan fingerprint density at radius 2 is 2.00 bits per heavy atom. The van der Waals surface area contributed by atoms with Gasteiger partial charge in [-0.25, -0.2) is 0 Å². The smallest absolute Gasteiger partial charge is 0.0270 e. The van der Waals surface area contributed by atoms with Crippen molar-refractivity contribution in [1.29, 1.82) is 0 Å². The third kappa shape index (κ3) is 1.11. The summed E-state index contributed by atoms with van der Waals surface area (Å²) in [6.07, 6.45) is 10.2. The predicted molar refractivity (Wildman–Crippen MR) is 52.4 cm³/mol. The number of allylic oxidation sites excluding steroid dienone is 2. The van der Waals surface area contributed by atoms with Crippen LogP contribution in [-0.2, 0) is 0 Å². The molecule has 1 nitrogen and oxygen atoms in total. The first-order valence-corrected chi connectivity index (χ1v) is 5.01. The number of rotatable bonds is 1. The maximum Gasteiger partial charge on any atom is 0.0270 e. The molecule has 13 heavy (non-hydrogen) atoms. The number of nitrogens with zero attached hydrogens (tertiary/aromatic N) is 1. The molecule has 3 rings (SSSR count). The Morgan fingerprint density at radius 1 is 1.15 bits per heavy atom. The van der Waals surface area contributed by atoms with E-state index in [1.165, 1.54) is 24.8 Å². The first-order chi connectivity index (χ1) is 6.43. The molecule has 1 heterocycles. The summed E-state index contributed by atoms with van der Waals surface area (Å²) in [6, 6.07) is 4.35. The van der Waals surface area contributed by atoms with E-state index in [9.17, 15) is 0 Å². The van der Waals surface area contributed by atoms with Crippen molar-refractivity contribution in [1.82, 2.24) is 4.98 Å². The molecule has 0 aromatic carbocycles. The van der Waals surface area contributed by atoms with Crippen molar-refractivity contribution < 1.29 is 0 Å². The van der Waals surface area contributed by atoms with Crippen LogP contribution in [-0.4, -0.2) is 4.98 Å². The van der Waals surface area contributed by atoms with Gasteiger partial charge in [-0.15, -0.1) is 0 Å². The normalized spacial score (nSPS) is 30.6. The lowest BCUT2D eigenvalue weighted by atomic mass is 9.86. The number of hydrogen-bond acceptors (Lipinski definition) is 1. The highest BCUT2D eigenvalue weighted by molar-refractivity contribution is 5.29. The molecule has 2 unspecified atom stereocenters. The van der Waals surface area contributed by atoms with E-state index >= 15 is 0 Å². The molecule has 66 valence electrons.